The predicted molar refractivity (Wildman–Crippen MR) is 151 cm³/mol. The Bertz CT molecular complexity index is 1930. The molecule has 206 valence electrons. The smallest absolute Gasteiger partial charge is 0.356 e. The van der Waals surface area contributed by atoms with Crippen LogP contribution in [0.4, 0.5) is 5.69 Å². The minimum atomic E-state index is -4.38. The monoisotopic (exact) mass is 579 g/mol. The van der Waals surface area contributed by atoms with Crippen LogP contribution in [-0.4, -0.2) is 42.5 Å². The van der Waals surface area contributed by atoms with Gasteiger partial charge in [-0.15, -0.1) is 0 Å². The van der Waals surface area contributed by atoms with E-state index in [4.69, 9.17) is 16.3 Å². The number of aryl methyl sites for hydroxylation is 2. The highest BCUT2D eigenvalue weighted by Gasteiger charge is 2.67. The third-order valence-electron chi connectivity index (χ3n) is 7.99. The molecule has 6 rings (SSSR count). The first-order valence-corrected chi connectivity index (χ1v) is 14.6. The Morgan fingerprint density at radius 1 is 1.10 bits per heavy atom. The summed E-state index contributed by atoms with van der Waals surface area (Å²) < 4.78 is 35.3. The Morgan fingerprint density at radius 2 is 1.80 bits per heavy atom. The highest BCUT2D eigenvalue weighted by molar-refractivity contribution is 7.90. The van der Waals surface area contributed by atoms with Gasteiger partial charge in [-0.3, -0.25) is 9.59 Å². The van der Waals surface area contributed by atoms with Crippen LogP contribution in [0.25, 0.3) is 10.9 Å². The Labute approximate surface area is 235 Å². The molecule has 2 aliphatic rings. The molecule has 0 saturated heterocycles. The van der Waals surface area contributed by atoms with E-state index in [1.807, 2.05) is 13.0 Å². The lowest BCUT2D eigenvalue weighted by molar-refractivity contribution is -0.120. The van der Waals surface area contributed by atoms with Crippen molar-refractivity contribution in [1.82, 2.24) is 8.54 Å². The Balaban J connectivity index is 1.62. The number of fused-ring (bicyclic) bond motifs is 3. The van der Waals surface area contributed by atoms with E-state index in [1.165, 1.54) is 29.8 Å². The maximum absolute atomic E-state index is 14.0. The molecule has 1 fully saturated rings. The summed E-state index contributed by atoms with van der Waals surface area (Å²) in [5, 5.41) is 0.802. The molecular formula is C29H26ClN3O6S. The minimum absolute atomic E-state index is 0.0156. The van der Waals surface area contributed by atoms with Gasteiger partial charge >= 0.3 is 5.97 Å². The fraction of sp³-hybridized carbons (Fsp3) is 0.276. The highest BCUT2D eigenvalue weighted by atomic mass is 35.5. The normalized spacial score (nSPS) is 19.9. The number of rotatable bonds is 5. The second-order valence-corrected chi connectivity index (χ2v) is 12.6. The summed E-state index contributed by atoms with van der Waals surface area (Å²) in [6.45, 7) is 3.46. The molecule has 9 nitrogen and oxygen atoms in total. The zero-order valence-corrected chi connectivity index (χ0v) is 23.8. The minimum Gasteiger partial charge on any atom is -0.461 e. The van der Waals surface area contributed by atoms with Crippen LogP contribution in [0.3, 0.4) is 0 Å². The molecule has 1 amide bonds. The first-order chi connectivity index (χ1) is 18.9. The number of carbonyl (C=O) groups is 2. The van der Waals surface area contributed by atoms with Gasteiger partial charge in [0, 0.05) is 42.3 Å². The number of aromatic nitrogens is 2. The van der Waals surface area contributed by atoms with E-state index in [9.17, 15) is 22.8 Å². The molecule has 0 unspecified atom stereocenters. The molecule has 1 saturated carbocycles. The number of pyridine rings is 1. The summed E-state index contributed by atoms with van der Waals surface area (Å²) in [6, 6.07) is 12.9. The molecule has 1 spiro atoms. The van der Waals surface area contributed by atoms with E-state index < -0.39 is 27.0 Å². The van der Waals surface area contributed by atoms with Crippen LogP contribution in [0.5, 0.6) is 0 Å². The standard InChI is InChI=1S/C29H26ClN3O6S/c1-5-39-27(35)24-13-19-20(22-14-29(22)21-11-8-17(30)12-23(21)32(4)28(29)36)15-31(3)26(34)25(19)33(24)40(37,38)18-9-6-16(2)7-10-18/h6-13,15,22H,5,14H2,1-4H3/t22-,29-/m0/s1. The van der Waals surface area contributed by atoms with Crippen molar-refractivity contribution in [3.8, 4) is 0 Å². The molecule has 0 radical (unpaired) electrons. The number of ether oxygens (including phenoxy) is 1. The van der Waals surface area contributed by atoms with Crippen LogP contribution < -0.4 is 10.5 Å². The Hall–Kier alpha value is -3.89. The van der Waals surface area contributed by atoms with Crippen LogP contribution in [0.15, 0.2) is 64.4 Å². The Kier molecular flexibility index (Phi) is 5.80. The van der Waals surface area contributed by atoms with Gasteiger partial charge in [-0.05, 0) is 61.7 Å². The van der Waals surface area contributed by atoms with Gasteiger partial charge in [0.15, 0.2) is 0 Å². The van der Waals surface area contributed by atoms with Gasteiger partial charge in [-0.2, -0.15) is 0 Å². The second kappa shape index (κ2) is 8.81. The topological polar surface area (TPSA) is 108 Å². The summed E-state index contributed by atoms with van der Waals surface area (Å²) in [6.07, 6.45) is 2.09. The van der Waals surface area contributed by atoms with Crippen molar-refractivity contribution in [2.45, 2.75) is 36.5 Å². The van der Waals surface area contributed by atoms with Crippen molar-refractivity contribution in [3.05, 3.63) is 92.5 Å². The summed E-state index contributed by atoms with van der Waals surface area (Å²) >= 11 is 6.22. The van der Waals surface area contributed by atoms with Crippen molar-refractivity contribution in [1.29, 1.82) is 0 Å². The van der Waals surface area contributed by atoms with Gasteiger partial charge < -0.3 is 14.2 Å². The first-order valence-electron chi connectivity index (χ1n) is 12.8. The summed E-state index contributed by atoms with van der Waals surface area (Å²) in [4.78, 5) is 41.8. The van der Waals surface area contributed by atoms with E-state index in [2.05, 4.69) is 0 Å². The van der Waals surface area contributed by atoms with Crippen molar-refractivity contribution >= 4 is 50.1 Å². The molecule has 2 aromatic heterocycles. The molecule has 2 atom stereocenters. The van der Waals surface area contributed by atoms with Crippen LogP contribution >= 0.6 is 11.6 Å². The summed E-state index contributed by atoms with van der Waals surface area (Å²) in [5.41, 5.74) is 1.08. The maximum atomic E-state index is 14.0. The van der Waals surface area contributed by atoms with Gasteiger partial charge in [0.25, 0.3) is 15.6 Å². The average molecular weight is 580 g/mol. The molecule has 40 heavy (non-hydrogen) atoms. The fourth-order valence-corrected chi connectivity index (χ4v) is 7.63. The van der Waals surface area contributed by atoms with Crippen LogP contribution in [-0.2, 0) is 32.0 Å². The van der Waals surface area contributed by atoms with Gasteiger partial charge in [-0.25, -0.2) is 17.2 Å². The maximum Gasteiger partial charge on any atom is 0.356 e. The number of halogens is 1. The van der Waals surface area contributed by atoms with Crippen molar-refractivity contribution in [3.63, 3.8) is 0 Å². The van der Waals surface area contributed by atoms with Crippen molar-refractivity contribution in [2.75, 3.05) is 18.6 Å². The number of hydrogen-bond acceptors (Lipinski definition) is 6. The number of benzene rings is 2. The van der Waals surface area contributed by atoms with E-state index >= 15 is 0 Å². The zero-order valence-electron chi connectivity index (χ0n) is 22.3. The third-order valence-corrected chi connectivity index (χ3v) is 9.96. The van der Waals surface area contributed by atoms with Gasteiger partial charge in [0.1, 0.15) is 11.2 Å². The van der Waals surface area contributed by atoms with E-state index in [1.54, 1.807) is 49.3 Å². The summed E-state index contributed by atoms with van der Waals surface area (Å²) in [7, 11) is -1.16. The van der Waals surface area contributed by atoms with E-state index in [-0.39, 0.29) is 34.5 Å². The van der Waals surface area contributed by atoms with Crippen LogP contribution in [0.1, 0.15) is 46.4 Å². The summed E-state index contributed by atoms with van der Waals surface area (Å²) in [5.74, 6) is -1.33. The van der Waals surface area contributed by atoms with Gasteiger partial charge in [0.05, 0.1) is 16.9 Å². The fourth-order valence-electron chi connectivity index (χ4n) is 5.97. The first kappa shape index (κ1) is 26.3. The van der Waals surface area contributed by atoms with Gasteiger partial charge in [-0.1, -0.05) is 35.4 Å². The number of esters is 1. The molecule has 0 bridgehead atoms. The average Bonchev–Trinajstić information content (AvgIpc) is 3.46. The number of hydrogen-bond donors (Lipinski definition) is 0. The molecule has 1 aliphatic carbocycles. The number of carbonyl (C=O) groups excluding carboxylic acids is 2. The third kappa shape index (κ3) is 3.52. The second-order valence-electron chi connectivity index (χ2n) is 10.3. The van der Waals surface area contributed by atoms with E-state index in [0.717, 1.165) is 15.1 Å². The van der Waals surface area contributed by atoms with Crippen molar-refractivity contribution in [2.24, 2.45) is 7.05 Å². The molecule has 3 heterocycles. The largest absolute Gasteiger partial charge is 0.461 e. The Morgan fingerprint density at radius 3 is 2.48 bits per heavy atom. The molecule has 1 aliphatic heterocycles. The van der Waals surface area contributed by atoms with Crippen LogP contribution in [0.2, 0.25) is 5.02 Å². The number of amides is 1. The van der Waals surface area contributed by atoms with Crippen molar-refractivity contribution < 1.29 is 22.7 Å². The predicted octanol–water partition coefficient (Wildman–Crippen LogP) is 4.12. The SMILES string of the molecule is CCOC(=O)c1cc2c([C@@H]3C[C@@]34C(=O)N(C)c3cc(Cl)ccc34)cn(C)c(=O)c2n1S(=O)(=O)c1ccc(C)cc1. The molecule has 2 aromatic carbocycles. The quantitative estimate of drug-likeness (QED) is 0.329. The zero-order chi connectivity index (χ0) is 28.7. The lowest BCUT2D eigenvalue weighted by Crippen LogP contribution is -2.29. The molecular weight excluding hydrogens is 554 g/mol. The molecule has 0 N–H and O–H groups in total. The molecule has 11 heteroatoms. The van der Waals surface area contributed by atoms with Crippen LogP contribution in [0, 0.1) is 6.92 Å². The molecule has 4 aromatic rings. The lowest BCUT2D eigenvalue weighted by atomic mass is 9.91. The number of anilines is 1. The highest BCUT2D eigenvalue weighted by Crippen LogP contribution is 2.67. The van der Waals surface area contributed by atoms with Gasteiger partial charge in [0.2, 0.25) is 5.91 Å². The number of nitrogens with zero attached hydrogens (tertiary/aromatic N) is 3. The lowest BCUT2D eigenvalue weighted by Gasteiger charge is -2.14. The number of likely N-dealkylation sites (N-methyl/N-ethyl adjacent to an activating group) is 1. The van der Waals surface area contributed by atoms with E-state index in [0.29, 0.717) is 28.1 Å².